The fourth-order valence-electron chi connectivity index (χ4n) is 1.34. The monoisotopic (exact) mass is 313 g/mol. The maximum Gasteiger partial charge on any atom is 0.170 e. The molecule has 1 heterocycles. The number of nitrogens with zero attached hydrogens (tertiary/aromatic N) is 2. The smallest absolute Gasteiger partial charge is 0.170 e. The maximum atomic E-state index is 8.60. The summed E-state index contributed by atoms with van der Waals surface area (Å²) in [6, 6.07) is 8.71. The molecule has 0 unspecified atom stereocenters. The molecule has 0 saturated heterocycles. The van der Waals surface area contributed by atoms with Gasteiger partial charge in [0.05, 0.1) is 10.0 Å². The molecule has 0 fully saturated rings. The quantitative estimate of drug-likeness (QED) is 0.393. The molecule has 1 aromatic carbocycles. The lowest BCUT2D eigenvalue weighted by Crippen LogP contribution is -2.12. The van der Waals surface area contributed by atoms with E-state index in [1.54, 1.807) is 36.5 Å². The van der Waals surface area contributed by atoms with Crippen LogP contribution >= 0.6 is 35.0 Å². The van der Waals surface area contributed by atoms with Crippen molar-refractivity contribution in [3.63, 3.8) is 0 Å². The molecule has 1 aromatic heterocycles. The van der Waals surface area contributed by atoms with Gasteiger partial charge in [-0.1, -0.05) is 40.1 Å². The van der Waals surface area contributed by atoms with Crippen molar-refractivity contribution < 1.29 is 5.21 Å². The summed E-state index contributed by atoms with van der Waals surface area (Å²) in [6.07, 6.45) is 1.57. The molecular formula is C12H9Cl2N3OS. The average Bonchev–Trinajstić information content (AvgIpc) is 2.42. The van der Waals surface area contributed by atoms with Crippen LogP contribution in [0.3, 0.4) is 0 Å². The topological polar surface area (TPSA) is 71.5 Å². The van der Waals surface area contributed by atoms with Crippen LogP contribution in [0.4, 0.5) is 0 Å². The number of hydrogen-bond acceptors (Lipinski definition) is 4. The molecule has 98 valence electrons. The van der Waals surface area contributed by atoms with E-state index in [4.69, 9.17) is 34.1 Å². The molecule has 0 aliphatic carbocycles. The molecular weight excluding hydrogens is 305 g/mol. The highest BCUT2D eigenvalue weighted by molar-refractivity contribution is 7.99. The Morgan fingerprint density at radius 1 is 1.26 bits per heavy atom. The Kier molecular flexibility index (Phi) is 4.52. The van der Waals surface area contributed by atoms with Gasteiger partial charge in [-0.3, -0.25) is 0 Å². The highest BCUT2D eigenvalue weighted by Gasteiger charge is 2.07. The normalized spacial score (nSPS) is 11.6. The molecule has 0 radical (unpaired) electrons. The van der Waals surface area contributed by atoms with Crippen LogP contribution in [-0.4, -0.2) is 16.0 Å². The summed E-state index contributed by atoms with van der Waals surface area (Å²) < 4.78 is 0. The third-order valence-corrected chi connectivity index (χ3v) is 3.93. The van der Waals surface area contributed by atoms with E-state index in [0.717, 1.165) is 9.92 Å². The minimum Gasteiger partial charge on any atom is -0.409 e. The van der Waals surface area contributed by atoms with Crippen molar-refractivity contribution in [2.24, 2.45) is 10.9 Å². The van der Waals surface area contributed by atoms with Gasteiger partial charge in [0, 0.05) is 16.7 Å². The van der Waals surface area contributed by atoms with Crippen LogP contribution in [0.2, 0.25) is 10.0 Å². The Morgan fingerprint density at radius 2 is 2.05 bits per heavy atom. The largest absolute Gasteiger partial charge is 0.409 e. The Morgan fingerprint density at radius 3 is 2.63 bits per heavy atom. The van der Waals surface area contributed by atoms with E-state index in [1.165, 1.54) is 11.8 Å². The van der Waals surface area contributed by atoms with E-state index >= 15 is 0 Å². The number of oxime groups is 1. The summed E-state index contributed by atoms with van der Waals surface area (Å²) in [7, 11) is 0. The highest BCUT2D eigenvalue weighted by Crippen LogP contribution is 2.33. The summed E-state index contributed by atoms with van der Waals surface area (Å²) in [5.41, 5.74) is 6.05. The standard InChI is InChI=1S/C12H9Cl2N3OS/c13-8-2-4-11(16-6-8)19-10-3-1-7(5-9(10)14)12(15)17-18/h1-6,18H,(H2,15,17). The SMILES string of the molecule is NC(=NO)c1ccc(Sc2ccc(Cl)cn2)c(Cl)c1. The summed E-state index contributed by atoms with van der Waals surface area (Å²) in [5.74, 6) is 0.0167. The van der Waals surface area contributed by atoms with Gasteiger partial charge in [0.1, 0.15) is 5.03 Å². The second kappa shape index (κ2) is 6.14. The van der Waals surface area contributed by atoms with Crippen molar-refractivity contribution in [2.45, 2.75) is 9.92 Å². The minimum atomic E-state index is 0.0167. The number of aromatic nitrogens is 1. The zero-order valence-corrected chi connectivity index (χ0v) is 11.9. The van der Waals surface area contributed by atoms with Crippen molar-refractivity contribution in [1.29, 1.82) is 0 Å². The van der Waals surface area contributed by atoms with Crippen LogP contribution in [-0.2, 0) is 0 Å². The Hall–Kier alpha value is -1.43. The lowest BCUT2D eigenvalue weighted by molar-refractivity contribution is 0.318. The summed E-state index contributed by atoms with van der Waals surface area (Å²) in [4.78, 5) is 5.00. The number of rotatable bonds is 3. The van der Waals surface area contributed by atoms with Crippen LogP contribution in [0.1, 0.15) is 5.56 Å². The minimum absolute atomic E-state index is 0.0167. The summed E-state index contributed by atoms with van der Waals surface area (Å²) in [6.45, 7) is 0. The number of nitrogens with two attached hydrogens (primary N) is 1. The molecule has 3 N–H and O–H groups in total. The van der Waals surface area contributed by atoms with E-state index < -0.39 is 0 Å². The second-order valence-electron chi connectivity index (χ2n) is 3.55. The van der Waals surface area contributed by atoms with Gasteiger partial charge in [-0.05, 0) is 30.3 Å². The van der Waals surface area contributed by atoms with Gasteiger partial charge in [0.15, 0.2) is 5.84 Å². The number of halogens is 2. The van der Waals surface area contributed by atoms with E-state index in [0.29, 0.717) is 15.6 Å². The van der Waals surface area contributed by atoms with Crippen molar-refractivity contribution >= 4 is 40.8 Å². The molecule has 0 spiro atoms. The summed E-state index contributed by atoms with van der Waals surface area (Å²) >= 11 is 13.3. The first kappa shape index (κ1) is 14.0. The van der Waals surface area contributed by atoms with Crippen LogP contribution in [0.25, 0.3) is 0 Å². The van der Waals surface area contributed by atoms with Gasteiger partial charge in [0.25, 0.3) is 0 Å². The number of benzene rings is 1. The number of pyridine rings is 1. The van der Waals surface area contributed by atoms with Crippen molar-refractivity contribution in [3.05, 3.63) is 52.1 Å². The van der Waals surface area contributed by atoms with Crippen LogP contribution in [0.5, 0.6) is 0 Å². The van der Waals surface area contributed by atoms with Crippen molar-refractivity contribution in [3.8, 4) is 0 Å². The number of amidine groups is 1. The molecule has 0 saturated carbocycles. The molecule has 19 heavy (non-hydrogen) atoms. The van der Waals surface area contributed by atoms with Crippen LogP contribution < -0.4 is 5.73 Å². The second-order valence-corrected chi connectivity index (χ2v) is 5.45. The lowest BCUT2D eigenvalue weighted by Gasteiger charge is -2.05. The molecule has 0 aliphatic heterocycles. The van der Waals surface area contributed by atoms with Gasteiger partial charge >= 0.3 is 0 Å². The summed E-state index contributed by atoms with van der Waals surface area (Å²) in [5, 5.41) is 13.4. The maximum absolute atomic E-state index is 8.60. The molecule has 7 heteroatoms. The molecule has 0 atom stereocenters. The average molecular weight is 314 g/mol. The first-order valence-corrected chi connectivity index (χ1v) is 6.74. The predicted molar refractivity (Wildman–Crippen MR) is 77.3 cm³/mol. The fourth-order valence-corrected chi connectivity index (χ4v) is 2.50. The fraction of sp³-hybridized carbons (Fsp3) is 0. The number of hydrogen-bond donors (Lipinski definition) is 2. The van der Waals surface area contributed by atoms with E-state index in [-0.39, 0.29) is 5.84 Å². The third kappa shape index (κ3) is 3.53. The molecule has 2 aromatic rings. The van der Waals surface area contributed by atoms with Gasteiger partial charge in [-0.15, -0.1) is 0 Å². The van der Waals surface area contributed by atoms with Crippen molar-refractivity contribution in [1.82, 2.24) is 4.98 Å². The van der Waals surface area contributed by atoms with E-state index in [2.05, 4.69) is 10.1 Å². The molecule has 2 rings (SSSR count). The van der Waals surface area contributed by atoms with Crippen molar-refractivity contribution in [2.75, 3.05) is 0 Å². The van der Waals surface area contributed by atoms with E-state index in [9.17, 15) is 0 Å². The Balaban J connectivity index is 2.24. The lowest BCUT2D eigenvalue weighted by atomic mass is 10.2. The zero-order chi connectivity index (χ0) is 13.8. The van der Waals surface area contributed by atoms with Gasteiger partial charge in [-0.25, -0.2) is 4.98 Å². The van der Waals surface area contributed by atoms with Crippen LogP contribution in [0, 0.1) is 0 Å². The van der Waals surface area contributed by atoms with E-state index in [1.807, 2.05) is 0 Å². The zero-order valence-electron chi connectivity index (χ0n) is 9.55. The van der Waals surface area contributed by atoms with Gasteiger partial charge < -0.3 is 10.9 Å². The Bertz CT molecular complexity index is 617. The predicted octanol–water partition coefficient (Wildman–Crippen LogP) is 3.63. The van der Waals surface area contributed by atoms with Gasteiger partial charge in [-0.2, -0.15) is 0 Å². The van der Waals surface area contributed by atoms with Gasteiger partial charge in [0.2, 0.25) is 0 Å². The molecule has 0 aliphatic rings. The molecule has 4 nitrogen and oxygen atoms in total. The third-order valence-electron chi connectivity index (χ3n) is 2.25. The molecule has 0 amide bonds. The first-order chi connectivity index (χ1) is 9.10. The molecule has 0 bridgehead atoms. The van der Waals surface area contributed by atoms with Crippen LogP contribution in [0.15, 0.2) is 51.6 Å². The highest BCUT2D eigenvalue weighted by atomic mass is 35.5. The first-order valence-electron chi connectivity index (χ1n) is 5.17. The Labute approximate surface area is 124 Å².